The lowest BCUT2D eigenvalue weighted by atomic mass is 9.82. The van der Waals surface area contributed by atoms with E-state index >= 15 is 0 Å². The largest absolute Gasteiger partial charge is 0.481 e. The van der Waals surface area contributed by atoms with Crippen molar-refractivity contribution in [3.8, 4) is 5.88 Å². The predicted octanol–water partition coefficient (Wildman–Crippen LogP) is 2.62. The van der Waals surface area contributed by atoms with Crippen LogP contribution in [0.1, 0.15) is 37.8 Å². The highest BCUT2D eigenvalue weighted by molar-refractivity contribution is 5.37. The van der Waals surface area contributed by atoms with Crippen molar-refractivity contribution in [2.24, 2.45) is 0 Å². The van der Waals surface area contributed by atoms with E-state index in [1.165, 1.54) is 7.11 Å². The smallest absolute Gasteiger partial charge is 0.433 e. The van der Waals surface area contributed by atoms with E-state index in [1.807, 2.05) is 4.90 Å². The van der Waals surface area contributed by atoms with Gasteiger partial charge in [-0.3, -0.25) is 0 Å². The Hall–Kier alpha value is -1.57. The second kappa shape index (κ2) is 6.14. The van der Waals surface area contributed by atoms with Crippen molar-refractivity contribution in [3.05, 3.63) is 11.8 Å². The van der Waals surface area contributed by atoms with Crippen LogP contribution in [0.4, 0.5) is 19.1 Å². The molecule has 23 heavy (non-hydrogen) atoms. The molecule has 1 spiro atoms. The number of anilines is 1. The van der Waals surface area contributed by atoms with Crippen molar-refractivity contribution < 1.29 is 17.9 Å². The van der Waals surface area contributed by atoms with Crippen LogP contribution in [0.15, 0.2) is 6.07 Å². The van der Waals surface area contributed by atoms with Gasteiger partial charge in [0.25, 0.3) is 0 Å². The quantitative estimate of drug-likeness (QED) is 0.903. The molecule has 8 heteroatoms. The summed E-state index contributed by atoms with van der Waals surface area (Å²) >= 11 is 0. The number of ether oxygens (including phenoxy) is 1. The first kappa shape index (κ1) is 16.3. The van der Waals surface area contributed by atoms with Gasteiger partial charge in [-0.15, -0.1) is 0 Å². The van der Waals surface area contributed by atoms with Gasteiger partial charge in [0.2, 0.25) is 11.8 Å². The zero-order chi connectivity index (χ0) is 16.5. The van der Waals surface area contributed by atoms with Crippen molar-refractivity contribution >= 4 is 5.95 Å². The zero-order valence-corrected chi connectivity index (χ0v) is 13.1. The number of halogens is 3. The summed E-state index contributed by atoms with van der Waals surface area (Å²) in [4.78, 5) is 9.72. The van der Waals surface area contributed by atoms with Crippen molar-refractivity contribution in [1.29, 1.82) is 0 Å². The van der Waals surface area contributed by atoms with Crippen LogP contribution in [0.3, 0.4) is 0 Å². The topological polar surface area (TPSA) is 50.3 Å². The number of methoxy groups -OCH3 is 1. The number of hydrogen-bond acceptors (Lipinski definition) is 5. The highest BCUT2D eigenvalue weighted by Gasteiger charge is 2.39. The molecule has 0 radical (unpaired) electrons. The summed E-state index contributed by atoms with van der Waals surface area (Å²) in [6.07, 6.45) is 0.777. The highest BCUT2D eigenvalue weighted by atomic mass is 19.4. The molecule has 1 aromatic rings. The molecule has 2 saturated heterocycles. The fraction of sp³-hybridized carbons (Fsp3) is 0.733. The van der Waals surface area contributed by atoms with Gasteiger partial charge in [0.15, 0.2) is 5.69 Å². The third-order valence-electron chi connectivity index (χ3n) is 4.63. The minimum atomic E-state index is -4.51. The van der Waals surface area contributed by atoms with E-state index < -0.39 is 11.9 Å². The van der Waals surface area contributed by atoms with E-state index in [1.54, 1.807) is 0 Å². The molecule has 3 heterocycles. The van der Waals surface area contributed by atoms with E-state index in [2.05, 4.69) is 15.3 Å². The van der Waals surface area contributed by atoms with Gasteiger partial charge in [0.05, 0.1) is 7.11 Å². The molecule has 1 N–H and O–H groups in total. The highest BCUT2D eigenvalue weighted by Crippen LogP contribution is 2.34. The molecule has 2 aliphatic heterocycles. The third-order valence-corrected chi connectivity index (χ3v) is 4.63. The van der Waals surface area contributed by atoms with E-state index in [9.17, 15) is 13.2 Å². The third kappa shape index (κ3) is 3.52. The first-order valence-corrected chi connectivity index (χ1v) is 7.92. The minimum absolute atomic E-state index is 0.0265. The first-order valence-electron chi connectivity index (χ1n) is 7.92. The Balaban J connectivity index is 1.88. The summed E-state index contributed by atoms with van der Waals surface area (Å²) < 4.78 is 44.0. The molecular formula is C15H21F3N4O. The normalized spacial score (nSPS) is 25.7. The maximum Gasteiger partial charge on any atom is 0.433 e. The average molecular weight is 330 g/mol. The number of nitrogens with zero attached hydrogens (tertiary/aromatic N) is 3. The van der Waals surface area contributed by atoms with E-state index in [-0.39, 0.29) is 17.4 Å². The molecule has 2 aliphatic rings. The van der Waals surface area contributed by atoms with Crippen molar-refractivity contribution in [3.63, 3.8) is 0 Å². The van der Waals surface area contributed by atoms with Gasteiger partial charge < -0.3 is 15.0 Å². The molecule has 0 bridgehead atoms. The lowest BCUT2D eigenvalue weighted by Gasteiger charge is -2.46. The SMILES string of the molecule is COc1cc(C(F)(F)F)nc(N2CCCC3(CCCCN3)C2)n1. The second-order valence-corrected chi connectivity index (χ2v) is 6.28. The summed E-state index contributed by atoms with van der Waals surface area (Å²) in [6, 6.07) is 0.835. The number of alkyl halides is 3. The fourth-order valence-electron chi connectivity index (χ4n) is 3.49. The van der Waals surface area contributed by atoms with E-state index in [4.69, 9.17) is 4.74 Å². The fourth-order valence-corrected chi connectivity index (χ4v) is 3.49. The Kier molecular flexibility index (Phi) is 4.35. The molecule has 5 nitrogen and oxygen atoms in total. The number of nitrogens with one attached hydrogen (secondary N) is 1. The van der Waals surface area contributed by atoms with Gasteiger partial charge in [-0.05, 0) is 32.2 Å². The number of piperidine rings is 2. The van der Waals surface area contributed by atoms with Crippen molar-refractivity contribution in [2.45, 2.75) is 43.8 Å². The molecule has 0 aliphatic carbocycles. The van der Waals surface area contributed by atoms with Crippen LogP contribution in [0.5, 0.6) is 5.88 Å². The Morgan fingerprint density at radius 2 is 2.00 bits per heavy atom. The molecule has 1 aromatic heterocycles. The summed E-state index contributed by atoms with van der Waals surface area (Å²) in [7, 11) is 1.31. The zero-order valence-electron chi connectivity index (χ0n) is 13.1. The van der Waals surface area contributed by atoms with E-state index in [0.29, 0.717) is 13.1 Å². The Morgan fingerprint density at radius 1 is 1.22 bits per heavy atom. The maximum atomic E-state index is 13.0. The summed E-state index contributed by atoms with van der Waals surface area (Å²) in [5.41, 5.74) is -0.989. The van der Waals surface area contributed by atoms with Crippen molar-refractivity contribution in [1.82, 2.24) is 15.3 Å². The van der Waals surface area contributed by atoms with Crippen LogP contribution < -0.4 is 15.0 Å². The van der Waals surface area contributed by atoms with Gasteiger partial charge in [-0.1, -0.05) is 6.42 Å². The van der Waals surface area contributed by atoms with Crippen LogP contribution in [0, 0.1) is 0 Å². The van der Waals surface area contributed by atoms with Crippen LogP contribution in [-0.2, 0) is 6.18 Å². The number of rotatable bonds is 2. The average Bonchev–Trinajstić information content (AvgIpc) is 2.54. The maximum absolute atomic E-state index is 13.0. The summed E-state index contributed by atoms with van der Waals surface area (Å²) in [6.45, 7) is 2.26. The monoisotopic (exact) mass is 330 g/mol. The summed E-state index contributed by atoms with van der Waals surface area (Å²) in [5, 5.41) is 3.56. The molecular weight excluding hydrogens is 309 g/mol. The molecule has 1 atom stereocenters. The molecule has 2 fully saturated rings. The van der Waals surface area contributed by atoms with E-state index in [0.717, 1.165) is 44.7 Å². The second-order valence-electron chi connectivity index (χ2n) is 6.28. The van der Waals surface area contributed by atoms with Gasteiger partial charge in [-0.2, -0.15) is 18.2 Å². The first-order chi connectivity index (χ1) is 10.9. The van der Waals surface area contributed by atoms with Gasteiger partial charge in [-0.25, -0.2) is 4.98 Å². The summed E-state index contributed by atoms with van der Waals surface area (Å²) in [5.74, 6) is 0.0432. The van der Waals surface area contributed by atoms with Gasteiger partial charge in [0, 0.05) is 24.7 Å². The van der Waals surface area contributed by atoms with Crippen LogP contribution in [0.25, 0.3) is 0 Å². The van der Waals surface area contributed by atoms with Crippen molar-refractivity contribution in [2.75, 3.05) is 31.6 Å². The molecule has 0 amide bonds. The molecule has 1 unspecified atom stereocenters. The molecule has 0 aromatic carbocycles. The Labute approximate surface area is 133 Å². The minimum Gasteiger partial charge on any atom is -0.481 e. The molecule has 128 valence electrons. The number of aromatic nitrogens is 2. The van der Waals surface area contributed by atoms with Crippen LogP contribution in [0.2, 0.25) is 0 Å². The van der Waals surface area contributed by atoms with Crippen LogP contribution in [-0.4, -0.2) is 42.3 Å². The van der Waals surface area contributed by atoms with Gasteiger partial charge >= 0.3 is 6.18 Å². The Bertz CT molecular complexity index is 553. The standard InChI is InChI=1S/C15H21F3N4O/c1-23-12-9-11(15(16,17)18)20-13(21-12)22-8-4-6-14(10-22)5-2-3-7-19-14/h9,19H,2-8,10H2,1H3. The number of hydrogen-bond donors (Lipinski definition) is 1. The lowest BCUT2D eigenvalue weighted by molar-refractivity contribution is -0.141. The predicted molar refractivity (Wildman–Crippen MR) is 79.6 cm³/mol. The molecule has 0 saturated carbocycles. The Morgan fingerprint density at radius 3 is 2.65 bits per heavy atom. The van der Waals surface area contributed by atoms with Crippen LogP contribution >= 0.6 is 0 Å². The van der Waals surface area contributed by atoms with Gasteiger partial charge in [0.1, 0.15) is 0 Å². The lowest BCUT2D eigenvalue weighted by Crippen LogP contribution is -2.59. The molecule has 3 rings (SSSR count).